The van der Waals surface area contributed by atoms with Crippen LogP contribution in [0.4, 0.5) is 0 Å². The first-order valence-electron chi connectivity index (χ1n) is 6.16. The van der Waals surface area contributed by atoms with Gasteiger partial charge in [-0.2, -0.15) is 0 Å². The Kier molecular flexibility index (Phi) is 8.05. The zero-order valence-electron chi connectivity index (χ0n) is 10.4. The van der Waals surface area contributed by atoms with E-state index in [1.54, 1.807) is 0 Å². The summed E-state index contributed by atoms with van der Waals surface area (Å²) in [5.41, 5.74) is 0. The summed E-state index contributed by atoms with van der Waals surface area (Å²) in [4.78, 5) is 0. The average molecular weight is 248 g/mol. The number of hydrogen-bond donors (Lipinski definition) is 0. The van der Waals surface area contributed by atoms with Gasteiger partial charge in [0.1, 0.15) is 6.10 Å². The van der Waals surface area contributed by atoms with Crippen LogP contribution >= 0.6 is 0 Å². The maximum Gasteiger partial charge on any atom is 0.178 e. The summed E-state index contributed by atoms with van der Waals surface area (Å²) in [6, 6.07) is 2.28. The van der Waals surface area contributed by atoms with Gasteiger partial charge in [-0.1, -0.05) is 0 Å². The van der Waals surface area contributed by atoms with Crippen LogP contribution < -0.4 is 0 Å². The largest absolute Gasteiger partial charge is 0.423 e. The molecular formula is C11H24O4Si. The van der Waals surface area contributed by atoms with E-state index in [0.717, 1.165) is 45.5 Å². The maximum absolute atomic E-state index is 5.52. The second kappa shape index (κ2) is 9.12. The highest BCUT2D eigenvalue weighted by atomic mass is 28.3. The van der Waals surface area contributed by atoms with E-state index in [-0.39, 0.29) is 0 Å². The highest BCUT2D eigenvalue weighted by molar-refractivity contribution is 6.51. The Balaban J connectivity index is 1.86. The van der Waals surface area contributed by atoms with Crippen molar-refractivity contribution >= 4 is 9.04 Å². The van der Waals surface area contributed by atoms with Crippen molar-refractivity contribution in [2.24, 2.45) is 0 Å². The summed E-state index contributed by atoms with van der Waals surface area (Å²) in [6.07, 6.45) is 1.48. The van der Waals surface area contributed by atoms with Gasteiger partial charge in [0.25, 0.3) is 0 Å². The van der Waals surface area contributed by atoms with E-state index in [1.807, 2.05) is 14.0 Å². The third-order valence-electron chi connectivity index (χ3n) is 2.64. The minimum atomic E-state index is -1.03. The van der Waals surface area contributed by atoms with E-state index in [1.165, 1.54) is 6.04 Å². The van der Waals surface area contributed by atoms with Gasteiger partial charge in [0.05, 0.1) is 13.2 Å². The second-order valence-electron chi connectivity index (χ2n) is 4.02. The van der Waals surface area contributed by atoms with Gasteiger partial charge in [0.15, 0.2) is 9.04 Å². The molecule has 0 spiro atoms. The van der Waals surface area contributed by atoms with Crippen molar-refractivity contribution < 1.29 is 18.6 Å². The first-order valence-corrected chi connectivity index (χ1v) is 8.27. The van der Waals surface area contributed by atoms with Gasteiger partial charge >= 0.3 is 0 Å². The van der Waals surface area contributed by atoms with Crippen molar-refractivity contribution in [2.75, 3.05) is 40.1 Å². The van der Waals surface area contributed by atoms with Crippen LogP contribution in [0.15, 0.2) is 0 Å². The fourth-order valence-corrected chi connectivity index (χ4v) is 3.34. The Hall–Kier alpha value is 0.0569. The molecule has 0 amide bonds. The normalized spacial score (nSPS) is 21.0. The predicted octanol–water partition coefficient (Wildman–Crippen LogP) is 1.20. The van der Waals surface area contributed by atoms with Crippen LogP contribution in [0, 0.1) is 0 Å². The van der Waals surface area contributed by atoms with E-state index >= 15 is 0 Å². The molecule has 1 heterocycles. The van der Waals surface area contributed by atoms with Crippen LogP contribution in [0.1, 0.15) is 13.3 Å². The Morgan fingerprint density at radius 3 is 2.69 bits per heavy atom. The molecule has 0 radical (unpaired) electrons. The Morgan fingerprint density at radius 1 is 1.25 bits per heavy atom. The van der Waals surface area contributed by atoms with Crippen LogP contribution in [0.25, 0.3) is 0 Å². The summed E-state index contributed by atoms with van der Waals surface area (Å²) in [5, 5.41) is 0. The summed E-state index contributed by atoms with van der Waals surface area (Å²) < 4.78 is 21.4. The molecule has 0 aliphatic carbocycles. The highest BCUT2D eigenvalue weighted by Crippen LogP contribution is 2.10. The fourth-order valence-electron chi connectivity index (χ4n) is 1.53. The van der Waals surface area contributed by atoms with Gasteiger partial charge in [-0.15, -0.1) is 0 Å². The molecule has 1 aliphatic heterocycles. The second-order valence-corrected chi connectivity index (χ2v) is 6.89. The molecule has 4 nitrogen and oxygen atoms in total. The molecule has 1 saturated heterocycles. The SMILES string of the molecule is CCOCC[SiH](CCCOCC1CO1)OC. The molecule has 2 unspecified atom stereocenters. The lowest BCUT2D eigenvalue weighted by atomic mass is 10.5. The lowest BCUT2D eigenvalue weighted by molar-refractivity contribution is 0.116. The van der Waals surface area contributed by atoms with E-state index < -0.39 is 9.04 Å². The molecule has 0 aromatic heterocycles. The average Bonchev–Trinajstić information content (AvgIpc) is 3.10. The third-order valence-corrected chi connectivity index (χ3v) is 5.24. The van der Waals surface area contributed by atoms with Gasteiger partial charge in [-0.3, -0.25) is 0 Å². The first-order chi connectivity index (χ1) is 7.86. The number of hydrogen-bond acceptors (Lipinski definition) is 4. The molecule has 2 atom stereocenters. The van der Waals surface area contributed by atoms with E-state index in [2.05, 4.69) is 0 Å². The van der Waals surface area contributed by atoms with E-state index in [4.69, 9.17) is 18.6 Å². The van der Waals surface area contributed by atoms with E-state index in [0.29, 0.717) is 6.10 Å². The molecule has 5 heteroatoms. The summed E-state index contributed by atoms with van der Waals surface area (Å²) in [6.45, 7) is 6.15. The quantitative estimate of drug-likeness (QED) is 0.313. The van der Waals surface area contributed by atoms with Gasteiger partial charge in [0, 0.05) is 26.9 Å². The Labute approximate surface area is 99.9 Å². The molecular weight excluding hydrogens is 224 g/mol. The van der Waals surface area contributed by atoms with Crippen molar-refractivity contribution in [2.45, 2.75) is 31.5 Å². The van der Waals surface area contributed by atoms with Crippen LogP contribution in [0.2, 0.25) is 12.1 Å². The fraction of sp³-hybridized carbons (Fsp3) is 1.00. The van der Waals surface area contributed by atoms with Crippen LogP contribution in [0.5, 0.6) is 0 Å². The lowest BCUT2D eigenvalue weighted by Gasteiger charge is -2.13. The standard InChI is InChI=1S/C11H24O4Si/c1-3-13-6-8-16(12-2)7-4-5-14-9-11-10-15-11/h11,16H,3-10H2,1-2H3. The van der Waals surface area contributed by atoms with E-state index in [9.17, 15) is 0 Å². The lowest BCUT2D eigenvalue weighted by Crippen LogP contribution is -2.19. The van der Waals surface area contributed by atoms with Gasteiger partial charge in [-0.25, -0.2) is 0 Å². The molecule has 0 saturated carbocycles. The molecule has 0 aromatic rings. The molecule has 1 aliphatic rings. The smallest absolute Gasteiger partial charge is 0.178 e. The summed E-state index contributed by atoms with van der Waals surface area (Å²) in [5.74, 6) is 0. The maximum atomic E-state index is 5.52. The zero-order valence-corrected chi connectivity index (χ0v) is 11.6. The molecule has 0 N–H and O–H groups in total. The summed E-state index contributed by atoms with van der Waals surface area (Å²) in [7, 11) is 0.789. The predicted molar refractivity (Wildman–Crippen MR) is 65.4 cm³/mol. The summed E-state index contributed by atoms with van der Waals surface area (Å²) >= 11 is 0. The number of epoxide rings is 1. The van der Waals surface area contributed by atoms with Gasteiger partial charge in [-0.05, 0) is 25.4 Å². The van der Waals surface area contributed by atoms with Crippen molar-refractivity contribution in [3.05, 3.63) is 0 Å². The van der Waals surface area contributed by atoms with Crippen molar-refractivity contribution in [1.29, 1.82) is 0 Å². The van der Waals surface area contributed by atoms with Crippen LogP contribution in [-0.4, -0.2) is 55.3 Å². The molecule has 1 rings (SSSR count). The highest BCUT2D eigenvalue weighted by Gasteiger charge is 2.22. The van der Waals surface area contributed by atoms with Gasteiger partial charge in [0.2, 0.25) is 0 Å². The van der Waals surface area contributed by atoms with Crippen molar-refractivity contribution in [3.8, 4) is 0 Å². The Bertz CT molecular complexity index is 164. The van der Waals surface area contributed by atoms with Crippen LogP contribution in [0.3, 0.4) is 0 Å². The molecule has 16 heavy (non-hydrogen) atoms. The molecule has 0 aromatic carbocycles. The Morgan fingerprint density at radius 2 is 2.06 bits per heavy atom. The van der Waals surface area contributed by atoms with Crippen molar-refractivity contribution in [3.63, 3.8) is 0 Å². The van der Waals surface area contributed by atoms with Crippen molar-refractivity contribution in [1.82, 2.24) is 0 Å². The van der Waals surface area contributed by atoms with Gasteiger partial charge < -0.3 is 18.6 Å². The molecule has 96 valence electrons. The monoisotopic (exact) mass is 248 g/mol. The minimum absolute atomic E-state index is 0.383. The number of ether oxygens (including phenoxy) is 3. The molecule has 1 fully saturated rings. The molecule has 0 bridgehead atoms. The van der Waals surface area contributed by atoms with Crippen LogP contribution in [-0.2, 0) is 18.6 Å². The third kappa shape index (κ3) is 7.35. The topological polar surface area (TPSA) is 40.2 Å². The number of rotatable bonds is 11. The zero-order chi connectivity index (χ0) is 11.6. The minimum Gasteiger partial charge on any atom is -0.423 e. The first kappa shape index (κ1) is 14.1.